The molecule has 0 spiro atoms. The summed E-state index contributed by atoms with van der Waals surface area (Å²) in [5, 5.41) is 0. The van der Waals surface area contributed by atoms with E-state index in [-0.39, 0.29) is 5.78 Å². The molecule has 0 unspecified atom stereocenters. The number of nitrogens with two attached hydrogens (primary N) is 1. The lowest BCUT2D eigenvalue weighted by atomic mass is 10.1. The molecule has 2 nitrogen and oxygen atoms in total. The highest BCUT2D eigenvalue weighted by atomic mass is 79.9. The van der Waals surface area contributed by atoms with Crippen LogP contribution in [-0.2, 0) is 11.2 Å². The van der Waals surface area contributed by atoms with Crippen LogP contribution >= 0.6 is 15.9 Å². The van der Waals surface area contributed by atoms with Gasteiger partial charge in [-0.25, -0.2) is 0 Å². The monoisotopic (exact) mass is 227 g/mol. The van der Waals surface area contributed by atoms with Crippen molar-refractivity contribution < 1.29 is 4.79 Å². The normalized spacial score (nSPS) is 9.83. The summed E-state index contributed by atoms with van der Waals surface area (Å²) in [5.74, 6) is 0.159. The van der Waals surface area contributed by atoms with E-state index in [0.29, 0.717) is 12.1 Å². The van der Waals surface area contributed by atoms with Crippen molar-refractivity contribution in [1.82, 2.24) is 0 Å². The predicted octanol–water partition coefficient (Wildman–Crippen LogP) is 2.16. The van der Waals surface area contributed by atoms with Crippen LogP contribution in [0.5, 0.6) is 0 Å². The van der Waals surface area contributed by atoms with Gasteiger partial charge in [-0.3, -0.25) is 4.79 Å². The SMILES string of the molecule is CC(=O)Cc1ccc(N)c(Br)c1. The lowest BCUT2D eigenvalue weighted by Gasteiger charge is -2.01. The van der Waals surface area contributed by atoms with Crippen LogP contribution in [0, 0.1) is 0 Å². The molecule has 0 aliphatic heterocycles. The predicted molar refractivity (Wildman–Crippen MR) is 52.9 cm³/mol. The smallest absolute Gasteiger partial charge is 0.134 e. The van der Waals surface area contributed by atoms with Gasteiger partial charge in [0.15, 0.2) is 0 Å². The summed E-state index contributed by atoms with van der Waals surface area (Å²) in [6, 6.07) is 5.53. The van der Waals surface area contributed by atoms with Crippen molar-refractivity contribution in [1.29, 1.82) is 0 Å². The summed E-state index contributed by atoms with van der Waals surface area (Å²) in [4.78, 5) is 10.8. The van der Waals surface area contributed by atoms with Gasteiger partial charge in [-0.15, -0.1) is 0 Å². The van der Waals surface area contributed by atoms with Crippen molar-refractivity contribution in [3.05, 3.63) is 28.2 Å². The minimum absolute atomic E-state index is 0.159. The van der Waals surface area contributed by atoms with Crippen molar-refractivity contribution in [3.63, 3.8) is 0 Å². The molecule has 0 heterocycles. The fraction of sp³-hybridized carbons (Fsp3) is 0.222. The Morgan fingerprint density at radius 1 is 1.58 bits per heavy atom. The van der Waals surface area contributed by atoms with Gasteiger partial charge in [0.2, 0.25) is 0 Å². The van der Waals surface area contributed by atoms with Gasteiger partial charge in [0.05, 0.1) is 0 Å². The molecule has 0 amide bonds. The first-order chi connectivity index (χ1) is 5.59. The molecule has 0 saturated carbocycles. The number of halogens is 1. The van der Waals surface area contributed by atoms with Crippen LogP contribution < -0.4 is 5.73 Å². The third kappa shape index (κ3) is 2.34. The van der Waals surface area contributed by atoms with Gasteiger partial charge in [0.25, 0.3) is 0 Å². The van der Waals surface area contributed by atoms with E-state index >= 15 is 0 Å². The van der Waals surface area contributed by atoms with Gasteiger partial charge in [-0.05, 0) is 40.5 Å². The first-order valence-corrected chi connectivity index (χ1v) is 4.42. The zero-order valence-electron chi connectivity index (χ0n) is 6.80. The van der Waals surface area contributed by atoms with Gasteiger partial charge in [-0.2, -0.15) is 0 Å². The molecule has 2 N–H and O–H groups in total. The van der Waals surface area contributed by atoms with Crippen LogP contribution in [0.1, 0.15) is 12.5 Å². The molecular formula is C9H10BrNO. The number of rotatable bonds is 2. The van der Waals surface area contributed by atoms with Gasteiger partial charge in [0, 0.05) is 16.6 Å². The molecule has 0 saturated heterocycles. The first kappa shape index (κ1) is 9.26. The zero-order chi connectivity index (χ0) is 9.14. The fourth-order valence-electron chi connectivity index (χ4n) is 0.968. The number of carbonyl (C=O) groups is 1. The molecule has 64 valence electrons. The van der Waals surface area contributed by atoms with Crippen LogP contribution in [-0.4, -0.2) is 5.78 Å². The second-order valence-corrected chi connectivity index (χ2v) is 3.59. The molecule has 0 fully saturated rings. The number of hydrogen-bond donors (Lipinski definition) is 1. The highest BCUT2D eigenvalue weighted by Gasteiger charge is 2.00. The number of hydrogen-bond acceptors (Lipinski definition) is 2. The van der Waals surface area contributed by atoms with E-state index < -0.39 is 0 Å². The number of Topliss-reactive ketones (excluding diaryl/α,β-unsaturated/α-hetero) is 1. The summed E-state index contributed by atoms with van der Waals surface area (Å²) >= 11 is 3.30. The second-order valence-electron chi connectivity index (χ2n) is 2.73. The quantitative estimate of drug-likeness (QED) is 0.788. The third-order valence-corrected chi connectivity index (χ3v) is 2.20. The van der Waals surface area contributed by atoms with Crippen molar-refractivity contribution in [2.75, 3.05) is 5.73 Å². The van der Waals surface area contributed by atoms with Crippen LogP contribution in [0.15, 0.2) is 22.7 Å². The Balaban J connectivity index is 2.89. The Bertz CT molecular complexity index is 309. The standard InChI is InChI=1S/C9H10BrNO/c1-6(12)4-7-2-3-9(11)8(10)5-7/h2-3,5H,4,11H2,1H3. The van der Waals surface area contributed by atoms with Crippen molar-refractivity contribution in [2.45, 2.75) is 13.3 Å². The van der Waals surface area contributed by atoms with Crippen molar-refractivity contribution in [2.24, 2.45) is 0 Å². The van der Waals surface area contributed by atoms with E-state index in [9.17, 15) is 4.79 Å². The van der Waals surface area contributed by atoms with E-state index in [1.165, 1.54) is 0 Å². The molecule has 0 aromatic heterocycles. The Morgan fingerprint density at radius 2 is 2.25 bits per heavy atom. The summed E-state index contributed by atoms with van der Waals surface area (Å²) in [6.07, 6.45) is 0.471. The van der Waals surface area contributed by atoms with Gasteiger partial charge >= 0.3 is 0 Å². The van der Waals surface area contributed by atoms with Crippen LogP contribution in [0.3, 0.4) is 0 Å². The van der Waals surface area contributed by atoms with E-state index in [1.54, 1.807) is 13.0 Å². The average Bonchev–Trinajstić information content (AvgIpc) is 1.96. The molecule has 0 aliphatic rings. The molecule has 1 aromatic carbocycles. The van der Waals surface area contributed by atoms with Crippen LogP contribution in [0.2, 0.25) is 0 Å². The summed E-state index contributed by atoms with van der Waals surface area (Å²) in [5.41, 5.74) is 7.27. The van der Waals surface area contributed by atoms with E-state index in [4.69, 9.17) is 5.73 Å². The maximum Gasteiger partial charge on any atom is 0.134 e. The Hall–Kier alpha value is -0.830. The van der Waals surface area contributed by atoms with E-state index in [2.05, 4.69) is 15.9 Å². The number of ketones is 1. The molecule has 1 aromatic rings. The Kier molecular flexibility index (Phi) is 2.87. The largest absolute Gasteiger partial charge is 0.398 e. The highest BCUT2D eigenvalue weighted by Crippen LogP contribution is 2.20. The zero-order valence-corrected chi connectivity index (χ0v) is 8.39. The fourth-order valence-corrected chi connectivity index (χ4v) is 1.39. The molecule has 0 aliphatic carbocycles. The summed E-state index contributed by atoms with van der Waals surface area (Å²) in [6.45, 7) is 1.57. The van der Waals surface area contributed by atoms with Crippen molar-refractivity contribution >= 4 is 27.4 Å². The molecule has 0 bridgehead atoms. The molecular weight excluding hydrogens is 218 g/mol. The molecule has 1 rings (SSSR count). The summed E-state index contributed by atoms with van der Waals surface area (Å²) in [7, 11) is 0. The molecule has 12 heavy (non-hydrogen) atoms. The maximum atomic E-state index is 10.8. The number of anilines is 1. The molecule has 3 heteroatoms. The van der Waals surface area contributed by atoms with Crippen LogP contribution in [0.4, 0.5) is 5.69 Å². The lowest BCUT2D eigenvalue weighted by Crippen LogP contribution is -1.97. The Labute approximate surface area is 79.9 Å². The van der Waals surface area contributed by atoms with E-state index in [0.717, 1.165) is 10.0 Å². The second kappa shape index (κ2) is 3.72. The van der Waals surface area contributed by atoms with Gasteiger partial charge < -0.3 is 5.73 Å². The first-order valence-electron chi connectivity index (χ1n) is 3.63. The number of carbonyl (C=O) groups excluding carboxylic acids is 1. The summed E-state index contributed by atoms with van der Waals surface area (Å²) < 4.78 is 0.848. The van der Waals surface area contributed by atoms with Crippen molar-refractivity contribution in [3.8, 4) is 0 Å². The van der Waals surface area contributed by atoms with Gasteiger partial charge in [-0.1, -0.05) is 6.07 Å². The van der Waals surface area contributed by atoms with E-state index in [1.807, 2.05) is 12.1 Å². The number of benzene rings is 1. The third-order valence-electron chi connectivity index (χ3n) is 1.52. The number of nitrogen functional groups attached to an aromatic ring is 1. The minimum Gasteiger partial charge on any atom is -0.398 e. The lowest BCUT2D eigenvalue weighted by molar-refractivity contribution is -0.116. The minimum atomic E-state index is 0.159. The highest BCUT2D eigenvalue weighted by molar-refractivity contribution is 9.10. The van der Waals surface area contributed by atoms with Crippen LogP contribution in [0.25, 0.3) is 0 Å². The Morgan fingerprint density at radius 3 is 2.75 bits per heavy atom. The maximum absolute atomic E-state index is 10.8. The topological polar surface area (TPSA) is 43.1 Å². The molecule has 0 atom stereocenters. The molecule has 0 radical (unpaired) electrons. The van der Waals surface area contributed by atoms with Gasteiger partial charge in [0.1, 0.15) is 5.78 Å². The average molecular weight is 228 g/mol.